The lowest BCUT2D eigenvalue weighted by atomic mass is 10.0. The Labute approximate surface area is 213 Å². The van der Waals surface area contributed by atoms with Gasteiger partial charge in [-0.3, -0.25) is 9.78 Å². The summed E-state index contributed by atoms with van der Waals surface area (Å²) < 4.78 is 5.37. The molecular weight excluding hydrogens is 454 g/mol. The van der Waals surface area contributed by atoms with E-state index < -0.39 is 6.10 Å². The molecule has 36 heavy (non-hydrogen) atoms. The van der Waals surface area contributed by atoms with Crippen molar-refractivity contribution in [3.05, 3.63) is 59.4 Å². The number of aryl methyl sites for hydroxylation is 1. The van der Waals surface area contributed by atoms with Crippen LogP contribution in [0.25, 0.3) is 10.9 Å². The van der Waals surface area contributed by atoms with Crippen LogP contribution in [-0.2, 0) is 17.8 Å². The zero-order valence-corrected chi connectivity index (χ0v) is 21.5. The number of nitrogens with one attached hydrogen (secondary N) is 2. The molecule has 192 valence electrons. The first-order valence-electron chi connectivity index (χ1n) is 12.9. The molecule has 0 fully saturated rings. The fraction of sp³-hybridized carbons (Fsp3) is 0.464. The smallest absolute Gasteiger partial charge is 0.263 e. The molecule has 0 aliphatic carbocycles. The van der Waals surface area contributed by atoms with Crippen LogP contribution in [0.3, 0.4) is 0 Å². The van der Waals surface area contributed by atoms with Gasteiger partial charge >= 0.3 is 0 Å². The fourth-order valence-corrected chi connectivity index (χ4v) is 4.65. The van der Waals surface area contributed by atoms with E-state index in [2.05, 4.69) is 53.4 Å². The number of carbonyl (C=O) groups excluding carboxylic acids is 1. The minimum atomic E-state index is -0.600. The fourth-order valence-electron chi connectivity index (χ4n) is 4.65. The maximum Gasteiger partial charge on any atom is 0.263 e. The number of aliphatic hydroxyl groups is 1. The first-order chi connectivity index (χ1) is 17.5. The average molecular weight is 492 g/mol. The molecule has 8 heteroatoms. The van der Waals surface area contributed by atoms with E-state index in [4.69, 9.17) is 9.72 Å². The summed E-state index contributed by atoms with van der Waals surface area (Å²) in [6, 6.07) is 13.9. The summed E-state index contributed by atoms with van der Waals surface area (Å²) in [4.78, 5) is 23.2. The van der Waals surface area contributed by atoms with E-state index in [0.29, 0.717) is 30.6 Å². The summed E-state index contributed by atoms with van der Waals surface area (Å²) in [7, 11) is 0. The molecule has 4 rings (SSSR count). The zero-order valence-electron chi connectivity index (χ0n) is 21.5. The number of anilines is 1. The van der Waals surface area contributed by atoms with Crippen molar-refractivity contribution in [1.82, 2.24) is 20.2 Å². The van der Waals surface area contributed by atoms with Gasteiger partial charge in [-0.15, -0.1) is 0 Å². The Morgan fingerprint density at radius 3 is 2.75 bits per heavy atom. The Bertz CT molecular complexity index is 1190. The lowest BCUT2D eigenvalue weighted by Gasteiger charge is -2.28. The van der Waals surface area contributed by atoms with Crippen molar-refractivity contribution in [2.24, 2.45) is 5.92 Å². The predicted octanol–water partition coefficient (Wildman–Crippen LogP) is 3.69. The Hall–Kier alpha value is -3.07. The number of hydrogen-bond donors (Lipinski definition) is 3. The van der Waals surface area contributed by atoms with Gasteiger partial charge in [-0.25, -0.2) is 4.98 Å². The van der Waals surface area contributed by atoms with E-state index in [1.807, 2.05) is 30.3 Å². The van der Waals surface area contributed by atoms with Crippen LogP contribution in [0.5, 0.6) is 5.75 Å². The van der Waals surface area contributed by atoms with Gasteiger partial charge in [0, 0.05) is 36.3 Å². The highest BCUT2D eigenvalue weighted by Crippen LogP contribution is 2.26. The summed E-state index contributed by atoms with van der Waals surface area (Å²) in [5.74, 6) is 1.28. The number of carbonyl (C=O) groups is 1. The third-order valence-electron chi connectivity index (χ3n) is 6.40. The molecule has 3 N–H and O–H groups in total. The monoisotopic (exact) mass is 491 g/mol. The lowest BCUT2D eigenvalue weighted by Crippen LogP contribution is -2.36. The third kappa shape index (κ3) is 6.57. The van der Waals surface area contributed by atoms with Crippen LogP contribution in [0.4, 0.5) is 5.82 Å². The van der Waals surface area contributed by atoms with Gasteiger partial charge in [-0.05, 0) is 50.0 Å². The largest absolute Gasteiger partial charge is 0.480 e. The number of nitrogens with zero attached hydrogens (tertiary/aromatic N) is 3. The highest BCUT2D eigenvalue weighted by Gasteiger charge is 2.19. The normalized spacial score (nSPS) is 14.9. The van der Waals surface area contributed by atoms with Crippen LogP contribution in [0.1, 0.15) is 50.2 Å². The topological polar surface area (TPSA) is 99.6 Å². The van der Waals surface area contributed by atoms with E-state index in [1.165, 1.54) is 0 Å². The van der Waals surface area contributed by atoms with Gasteiger partial charge in [0.2, 0.25) is 0 Å². The Balaban J connectivity index is 1.33. The first-order valence-corrected chi connectivity index (χ1v) is 12.9. The molecule has 1 amide bonds. The molecule has 2 unspecified atom stereocenters. The lowest BCUT2D eigenvalue weighted by molar-refractivity contribution is -0.118. The Morgan fingerprint density at radius 2 is 1.94 bits per heavy atom. The summed E-state index contributed by atoms with van der Waals surface area (Å²) >= 11 is 0. The number of para-hydroxylation sites is 1. The molecule has 2 atom stereocenters. The van der Waals surface area contributed by atoms with Crippen LogP contribution in [0.2, 0.25) is 0 Å². The van der Waals surface area contributed by atoms with E-state index >= 15 is 0 Å². The molecule has 0 radical (unpaired) electrons. The summed E-state index contributed by atoms with van der Waals surface area (Å²) in [6.07, 6.45) is 1.29. The number of hydrogen-bond acceptors (Lipinski definition) is 7. The van der Waals surface area contributed by atoms with Gasteiger partial charge in [0.15, 0.2) is 18.2 Å². The van der Waals surface area contributed by atoms with Crippen LogP contribution in [-0.4, -0.2) is 58.7 Å². The highest BCUT2D eigenvalue weighted by atomic mass is 16.5. The van der Waals surface area contributed by atoms with Crippen molar-refractivity contribution in [2.75, 3.05) is 38.1 Å². The number of amides is 1. The van der Waals surface area contributed by atoms with Gasteiger partial charge in [0.25, 0.3) is 5.91 Å². The van der Waals surface area contributed by atoms with Gasteiger partial charge in [0.1, 0.15) is 0 Å². The van der Waals surface area contributed by atoms with Crippen molar-refractivity contribution < 1.29 is 14.6 Å². The molecular formula is C28H37N5O3. The second-order valence-electron chi connectivity index (χ2n) is 9.57. The molecule has 0 saturated carbocycles. The van der Waals surface area contributed by atoms with Gasteiger partial charge < -0.3 is 25.4 Å². The number of fused-ring (bicyclic) bond motifs is 2. The van der Waals surface area contributed by atoms with E-state index in [-0.39, 0.29) is 12.5 Å². The second kappa shape index (κ2) is 12.3. The second-order valence-corrected chi connectivity index (χ2v) is 9.57. The number of ether oxygens (including phenoxy) is 1. The molecule has 3 aromatic rings. The van der Waals surface area contributed by atoms with Crippen molar-refractivity contribution in [1.29, 1.82) is 0 Å². The zero-order chi connectivity index (χ0) is 25.5. The molecule has 0 bridgehead atoms. The van der Waals surface area contributed by atoms with Crippen molar-refractivity contribution in [2.45, 2.75) is 46.3 Å². The molecule has 8 nitrogen and oxygen atoms in total. The first kappa shape index (κ1) is 26.0. The number of aromatic nitrogens is 2. The molecule has 1 aromatic carbocycles. The number of aliphatic hydroxyl groups excluding tert-OH is 1. The number of benzene rings is 1. The number of rotatable bonds is 12. The van der Waals surface area contributed by atoms with Crippen molar-refractivity contribution >= 4 is 22.6 Å². The Morgan fingerprint density at radius 1 is 1.11 bits per heavy atom. The summed E-state index contributed by atoms with van der Waals surface area (Å²) in [5.41, 5.74) is 3.68. The molecule has 0 spiro atoms. The average Bonchev–Trinajstić information content (AvgIpc) is 2.87. The molecule has 2 aromatic heterocycles. The number of pyridine rings is 2. The van der Waals surface area contributed by atoms with Crippen molar-refractivity contribution in [3.8, 4) is 5.75 Å². The SMILES string of the molecule is CCCN(CC(C)CNCc1ccc2c(n1)NC(=O)CO2)CC(O)c1cccc2ccc(CC)nc12. The minimum Gasteiger partial charge on any atom is -0.480 e. The minimum absolute atomic E-state index is 0.0313. The summed E-state index contributed by atoms with van der Waals surface area (Å²) in [5, 5.41) is 18.5. The molecule has 0 saturated heterocycles. The Kier molecular flexibility index (Phi) is 8.85. The van der Waals surface area contributed by atoms with Gasteiger partial charge in [0.05, 0.1) is 17.3 Å². The standard InChI is InChI=1S/C28H37N5O3/c1-4-13-33(17-24(34)23-8-6-7-20-9-10-21(5-2)30-27(20)23)16-19(3)14-29-15-22-11-12-25-28(31-22)32-26(35)18-36-25/h6-12,19,24,29,34H,4-5,13-18H2,1-3H3,(H,31,32,35). The molecule has 3 heterocycles. The highest BCUT2D eigenvalue weighted by molar-refractivity contribution is 5.94. The molecule has 1 aliphatic rings. The quantitative estimate of drug-likeness (QED) is 0.355. The predicted molar refractivity (Wildman–Crippen MR) is 142 cm³/mol. The maximum atomic E-state index is 11.5. The van der Waals surface area contributed by atoms with Crippen LogP contribution in [0.15, 0.2) is 42.5 Å². The molecule has 1 aliphatic heterocycles. The van der Waals surface area contributed by atoms with E-state index in [1.54, 1.807) is 0 Å². The van der Waals surface area contributed by atoms with E-state index in [0.717, 1.165) is 60.3 Å². The third-order valence-corrected chi connectivity index (χ3v) is 6.40. The van der Waals surface area contributed by atoms with Crippen LogP contribution >= 0.6 is 0 Å². The van der Waals surface area contributed by atoms with Gasteiger partial charge in [-0.2, -0.15) is 0 Å². The summed E-state index contributed by atoms with van der Waals surface area (Å²) in [6.45, 7) is 10.3. The van der Waals surface area contributed by atoms with Gasteiger partial charge in [-0.1, -0.05) is 45.0 Å². The van der Waals surface area contributed by atoms with Crippen molar-refractivity contribution in [3.63, 3.8) is 0 Å². The van der Waals surface area contributed by atoms with Crippen LogP contribution in [0, 0.1) is 5.92 Å². The maximum absolute atomic E-state index is 11.5. The van der Waals surface area contributed by atoms with E-state index in [9.17, 15) is 9.90 Å². The van der Waals surface area contributed by atoms with Crippen LogP contribution < -0.4 is 15.4 Å².